The molecule has 1 unspecified atom stereocenters. The van der Waals surface area contributed by atoms with E-state index in [1.165, 1.54) is 0 Å². The number of carbonyl (C=O) groups is 1. The van der Waals surface area contributed by atoms with Crippen molar-refractivity contribution in [3.05, 3.63) is 23.8 Å². The van der Waals surface area contributed by atoms with E-state index in [1.807, 2.05) is 18.0 Å². The second-order valence-corrected chi connectivity index (χ2v) is 4.16. The van der Waals surface area contributed by atoms with Crippen molar-refractivity contribution in [2.75, 3.05) is 24.2 Å². The van der Waals surface area contributed by atoms with Gasteiger partial charge >= 0.3 is 0 Å². The fraction of sp³-hybridized carbons (Fsp3) is 0.417. The molecule has 1 atom stereocenters. The van der Waals surface area contributed by atoms with E-state index in [-0.39, 0.29) is 6.10 Å². The van der Waals surface area contributed by atoms with Gasteiger partial charge in [-0.05, 0) is 25.5 Å². The van der Waals surface area contributed by atoms with Gasteiger partial charge in [-0.3, -0.25) is 4.79 Å². The number of para-hydroxylation sites is 1. The summed E-state index contributed by atoms with van der Waals surface area (Å²) in [5, 5.41) is 9.23. The highest BCUT2D eigenvalue weighted by atomic mass is 16.3. The Balaban J connectivity index is 2.90. The van der Waals surface area contributed by atoms with Crippen LogP contribution in [0.2, 0.25) is 0 Å². The second kappa shape index (κ2) is 5.54. The molecule has 0 radical (unpaired) electrons. The summed E-state index contributed by atoms with van der Waals surface area (Å²) in [6, 6.07) is 5.16. The maximum atomic E-state index is 11.1. The van der Waals surface area contributed by atoms with E-state index in [0.29, 0.717) is 24.2 Å². The topological polar surface area (TPSA) is 92.6 Å². The van der Waals surface area contributed by atoms with Gasteiger partial charge in [0.2, 0.25) is 0 Å². The first kappa shape index (κ1) is 13.3. The normalized spacial score (nSPS) is 12.2. The predicted octanol–water partition coefficient (Wildman–Crippen LogP) is 0.575. The van der Waals surface area contributed by atoms with E-state index in [0.717, 1.165) is 5.69 Å². The van der Waals surface area contributed by atoms with Crippen molar-refractivity contribution in [1.82, 2.24) is 0 Å². The quantitative estimate of drug-likeness (QED) is 0.653. The number of carbonyl (C=O) groups excluding carboxylic acids is 1. The molecule has 0 saturated carbocycles. The first-order valence-corrected chi connectivity index (χ1v) is 5.51. The Morgan fingerprint density at radius 3 is 2.71 bits per heavy atom. The minimum absolute atomic E-state index is 0.325. The molecule has 17 heavy (non-hydrogen) atoms. The van der Waals surface area contributed by atoms with Crippen molar-refractivity contribution in [2.45, 2.75) is 19.4 Å². The lowest BCUT2D eigenvalue weighted by molar-refractivity contribution is 0.100. The number of aliphatic hydroxyl groups is 1. The molecule has 0 spiro atoms. The Morgan fingerprint density at radius 2 is 2.18 bits per heavy atom. The molecule has 0 saturated heterocycles. The highest BCUT2D eigenvalue weighted by Crippen LogP contribution is 2.25. The van der Waals surface area contributed by atoms with Crippen molar-refractivity contribution < 1.29 is 9.90 Å². The second-order valence-electron chi connectivity index (χ2n) is 4.16. The van der Waals surface area contributed by atoms with Crippen molar-refractivity contribution in [1.29, 1.82) is 0 Å². The third-order valence-corrected chi connectivity index (χ3v) is 2.64. The van der Waals surface area contributed by atoms with Gasteiger partial charge in [0.1, 0.15) is 0 Å². The van der Waals surface area contributed by atoms with Crippen molar-refractivity contribution in [3.8, 4) is 0 Å². The summed E-state index contributed by atoms with van der Waals surface area (Å²) in [5.74, 6) is -0.534. The van der Waals surface area contributed by atoms with Gasteiger partial charge < -0.3 is 21.5 Å². The molecule has 1 aromatic carbocycles. The molecular weight excluding hydrogens is 218 g/mol. The molecule has 0 bridgehead atoms. The first-order chi connectivity index (χ1) is 7.93. The Hall–Kier alpha value is -1.75. The summed E-state index contributed by atoms with van der Waals surface area (Å²) in [6.45, 7) is 2.39. The van der Waals surface area contributed by atoms with Crippen LogP contribution in [0.25, 0.3) is 0 Å². The fourth-order valence-corrected chi connectivity index (χ4v) is 1.60. The number of nitrogen functional groups attached to an aromatic ring is 1. The van der Waals surface area contributed by atoms with E-state index in [2.05, 4.69) is 0 Å². The van der Waals surface area contributed by atoms with Gasteiger partial charge in [-0.1, -0.05) is 6.07 Å². The third-order valence-electron chi connectivity index (χ3n) is 2.64. The summed E-state index contributed by atoms with van der Waals surface area (Å²) in [7, 11) is 1.86. The lowest BCUT2D eigenvalue weighted by Crippen LogP contribution is -2.24. The average molecular weight is 237 g/mol. The number of aliphatic hydroxyl groups excluding tert-OH is 1. The van der Waals surface area contributed by atoms with Crippen LogP contribution < -0.4 is 16.4 Å². The first-order valence-electron chi connectivity index (χ1n) is 5.51. The fourth-order valence-electron chi connectivity index (χ4n) is 1.60. The van der Waals surface area contributed by atoms with Crippen LogP contribution in [-0.2, 0) is 0 Å². The third kappa shape index (κ3) is 3.35. The van der Waals surface area contributed by atoms with Crippen LogP contribution in [0.3, 0.4) is 0 Å². The zero-order valence-corrected chi connectivity index (χ0v) is 10.2. The number of hydrogen-bond acceptors (Lipinski definition) is 4. The number of benzene rings is 1. The van der Waals surface area contributed by atoms with Crippen molar-refractivity contribution >= 4 is 17.3 Å². The van der Waals surface area contributed by atoms with Crippen LogP contribution in [0, 0.1) is 0 Å². The summed E-state index contributed by atoms with van der Waals surface area (Å²) < 4.78 is 0. The monoisotopic (exact) mass is 237 g/mol. The molecule has 0 aliphatic carbocycles. The minimum atomic E-state index is -0.534. The Labute approximate surface area is 101 Å². The maximum absolute atomic E-state index is 11.1. The van der Waals surface area contributed by atoms with Crippen LogP contribution in [0.1, 0.15) is 23.7 Å². The molecule has 0 aliphatic heterocycles. The van der Waals surface area contributed by atoms with Gasteiger partial charge in [-0.25, -0.2) is 0 Å². The number of nitrogens with zero attached hydrogens (tertiary/aromatic N) is 1. The highest BCUT2D eigenvalue weighted by Gasteiger charge is 2.12. The number of hydrogen-bond donors (Lipinski definition) is 3. The largest absolute Gasteiger partial charge is 0.396 e. The van der Waals surface area contributed by atoms with Gasteiger partial charge in [0.15, 0.2) is 0 Å². The van der Waals surface area contributed by atoms with Crippen LogP contribution >= 0.6 is 0 Å². The van der Waals surface area contributed by atoms with Crippen LogP contribution in [0.4, 0.5) is 11.4 Å². The van der Waals surface area contributed by atoms with E-state index >= 15 is 0 Å². The molecule has 0 aliphatic rings. The van der Waals surface area contributed by atoms with Crippen LogP contribution in [0.5, 0.6) is 0 Å². The van der Waals surface area contributed by atoms with E-state index in [1.54, 1.807) is 19.1 Å². The van der Waals surface area contributed by atoms with Gasteiger partial charge in [-0.2, -0.15) is 0 Å². The predicted molar refractivity (Wildman–Crippen MR) is 68.9 cm³/mol. The summed E-state index contributed by atoms with van der Waals surface area (Å²) >= 11 is 0. The lowest BCUT2D eigenvalue weighted by Gasteiger charge is -2.22. The van der Waals surface area contributed by atoms with Gasteiger partial charge in [0, 0.05) is 13.6 Å². The van der Waals surface area contributed by atoms with E-state index in [9.17, 15) is 9.90 Å². The molecule has 1 rings (SSSR count). The van der Waals surface area contributed by atoms with Gasteiger partial charge in [0.25, 0.3) is 5.91 Å². The molecule has 94 valence electrons. The summed E-state index contributed by atoms with van der Waals surface area (Å²) in [4.78, 5) is 13.0. The zero-order valence-electron chi connectivity index (χ0n) is 10.2. The van der Waals surface area contributed by atoms with E-state index < -0.39 is 5.91 Å². The molecule has 5 heteroatoms. The standard InChI is InChI=1S/C12H19N3O2/c1-8(16)6-7-15(2)10-5-3-4-9(11(10)13)12(14)17/h3-5,8,16H,6-7,13H2,1-2H3,(H2,14,17). The molecule has 0 aromatic heterocycles. The minimum Gasteiger partial charge on any atom is -0.396 e. The highest BCUT2D eigenvalue weighted by molar-refractivity contribution is 6.00. The molecule has 0 heterocycles. The number of primary amides is 1. The van der Waals surface area contributed by atoms with Crippen molar-refractivity contribution in [2.24, 2.45) is 5.73 Å². The summed E-state index contributed by atoms with van der Waals surface area (Å²) in [6.07, 6.45) is 0.273. The molecular formula is C12H19N3O2. The average Bonchev–Trinajstić information content (AvgIpc) is 2.25. The lowest BCUT2D eigenvalue weighted by atomic mass is 10.1. The zero-order chi connectivity index (χ0) is 13.0. The number of amides is 1. The Morgan fingerprint density at radius 1 is 1.53 bits per heavy atom. The number of nitrogens with two attached hydrogens (primary N) is 2. The molecule has 5 N–H and O–H groups in total. The maximum Gasteiger partial charge on any atom is 0.250 e. The molecule has 1 aromatic rings. The summed E-state index contributed by atoms with van der Waals surface area (Å²) in [5.41, 5.74) is 12.6. The van der Waals surface area contributed by atoms with E-state index in [4.69, 9.17) is 11.5 Å². The van der Waals surface area contributed by atoms with Crippen molar-refractivity contribution in [3.63, 3.8) is 0 Å². The van der Waals surface area contributed by atoms with Gasteiger partial charge in [0.05, 0.1) is 23.0 Å². The number of rotatable bonds is 5. The van der Waals surface area contributed by atoms with Crippen LogP contribution in [-0.4, -0.2) is 30.7 Å². The molecule has 0 fully saturated rings. The number of anilines is 2. The Bertz CT molecular complexity index is 405. The molecule has 1 amide bonds. The van der Waals surface area contributed by atoms with Crippen LogP contribution in [0.15, 0.2) is 18.2 Å². The Kier molecular flexibility index (Phi) is 4.34. The SMILES string of the molecule is CC(O)CCN(C)c1cccc(C(N)=O)c1N. The molecule has 5 nitrogen and oxygen atoms in total. The van der Waals surface area contributed by atoms with Gasteiger partial charge in [-0.15, -0.1) is 0 Å². The smallest absolute Gasteiger partial charge is 0.250 e.